The summed E-state index contributed by atoms with van der Waals surface area (Å²) in [6.07, 6.45) is 0. The Kier molecular flexibility index (Phi) is 3.93. The number of ketones is 2. The Balaban J connectivity index is 1.86. The van der Waals surface area contributed by atoms with Gasteiger partial charge >= 0.3 is 0 Å². The number of amides is 1. The molecule has 0 bridgehead atoms. The topological polar surface area (TPSA) is 63.7 Å². The fourth-order valence-corrected chi connectivity index (χ4v) is 2.63. The highest BCUT2D eigenvalue weighted by atomic mass is 16.5. The summed E-state index contributed by atoms with van der Waals surface area (Å²) in [6, 6.07) is 15.3. The average molecular weight is 309 g/mol. The zero-order valence-corrected chi connectivity index (χ0v) is 12.6. The second-order valence-corrected chi connectivity index (χ2v) is 5.25. The predicted octanol–water partition coefficient (Wildman–Crippen LogP) is 2.11. The molecular weight excluding hydrogens is 294 g/mol. The highest BCUT2D eigenvalue weighted by molar-refractivity contribution is 6.31. The molecule has 5 heteroatoms. The summed E-state index contributed by atoms with van der Waals surface area (Å²) in [7, 11) is 1.53. The maximum Gasteiger partial charge on any atom is 0.246 e. The predicted molar refractivity (Wildman–Crippen MR) is 84.6 cm³/mol. The highest BCUT2D eigenvalue weighted by Gasteiger charge is 2.44. The Bertz CT molecular complexity index is 752. The molecule has 1 aliphatic rings. The van der Waals surface area contributed by atoms with Crippen LogP contribution in [0.2, 0.25) is 0 Å². The van der Waals surface area contributed by atoms with Crippen molar-refractivity contribution in [2.75, 3.05) is 18.6 Å². The van der Waals surface area contributed by atoms with Gasteiger partial charge in [-0.15, -0.1) is 0 Å². The van der Waals surface area contributed by atoms with Crippen molar-refractivity contribution in [1.82, 2.24) is 0 Å². The third-order valence-corrected chi connectivity index (χ3v) is 3.85. The van der Waals surface area contributed by atoms with Crippen molar-refractivity contribution in [3.05, 3.63) is 60.2 Å². The molecule has 0 radical (unpaired) electrons. The first-order chi connectivity index (χ1) is 11.1. The number of benzene rings is 2. The first kappa shape index (κ1) is 15.0. The van der Waals surface area contributed by atoms with E-state index in [-0.39, 0.29) is 12.3 Å². The first-order valence-corrected chi connectivity index (χ1v) is 7.19. The van der Waals surface area contributed by atoms with Gasteiger partial charge in [-0.05, 0) is 36.4 Å². The van der Waals surface area contributed by atoms with E-state index >= 15 is 0 Å². The lowest BCUT2D eigenvalue weighted by atomic mass is 9.95. The standard InChI is InChI=1S/C18H15NO4/c1-23-14-9-7-12(8-10-14)17(21)16-15(20)11-19(18(16)22)13-5-3-2-4-6-13/h2-10,16H,11H2,1H3. The second kappa shape index (κ2) is 6.04. The molecule has 1 amide bonds. The van der Waals surface area contributed by atoms with Gasteiger partial charge in [0.15, 0.2) is 17.5 Å². The van der Waals surface area contributed by atoms with Crippen LogP contribution in [0.25, 0.3) is 0 Å². The zero-order chi connectivity index (χ0) is 16.4. The fraction of sp³-hybridized carbons (Fsp3) is 0.167. The number of nitrogens with zero attached hydrogens (tertiary/aromatic N) is 1. The number of para-hydroxylation sites is 1. The molecule has 0 N–H and O–H groups in total. The van der Waals surface area contributed by atoms with Gasteiger partial charge in [0.1, 0.15) is 5.75 Å². The molecule has 2 aromatic rings. The quantitative estimate of drug-likeness (QED) is 0.641. The highest BCUT2D eigenvalue weighted by Crippen LogP contribution is 2.26. The van der Waals surface area contributed by atoms with Crippen LogP contribution in [0, 0.1) is 5.92 Å². The van der Waals surface area contributed by atoms with Gasteiger partial charge in [-0.2, -0.15) is 0 Å². The van der Waals surface area contributed by atoms with Crippen LogP contribution in [0.15, 0.2) is 54.6 Å². The lowest BCUT2D eigenvalue weighted by Gasteiger charge is -2.15. The minimum Gasteiger partial charge on any atom is -0.497 e. The molecule has 23 heavy (non-hydrogen) atoms. The van der Waals surface area contributed by atoms with Crippen LogP contribution in [-0.4, -0.2) is 31.1 Å². The van der Waals surface area contributed by atoms with Gasteiger partial charge in [0.2, 0.25) is 5.91 Å². The number of Topliss-reactive ketones (excluding diaryl/α,β-unsaturated/α-hetero) is 2. The minimum atomic E-state index is -1.26. The van der Waals surface area contributed by atoms with Crippen molar-refractivity contribution in [3.8, 4) is 5.75 Å². The number of carbonyl (C=O) groups excluding carboxylic acids is 3. The molecule has 1 saturated heterocycles. The second-order valence-electron chi connectivity index (χ2n) is 5.25. The summed E-state index contributed by atoms with van der Waals surface area (Å²) in [6.45, 7) is -0.0740. The van der Waals surface area contributed by atoms with Crippen molar-refractivity contribution in [2.45, 2.75) is 0 Å². The molecule has 0 aliphatic carbocycles. The molecule has 116 valence electrons. The zero-order valence-electron chi connectivity index (χ0n) is 12.6. The molecular formula is C18H15NO4. The van der Waals surface area contributed by atoms with Crippen LogP contribution in [0.3, 0.4) is 0 Å². The number of rotatable bonds is 4. The van der Waals surface area contributed by atoms with Crippen LogP contribution in [-0.2, 0) is 9.59 Å². The van der Waals surface area contributed by atoms with Gasteiger partial charge in [-0.3, -0.25) is 14.4 Å². The third kappa shape index (κ3) is 2.73. The van der Waals surface area contributed by atoms with Gasteiger partial charge < -0.3 is 9.64 Å². The first-order valence-electron chi connectivity index (χ1n) is 7.19. The van der Waals surface area contributed by atoms with Gasteiger partial charge in [-0.1, -0.05) is 18.2 Å². The molecule has 1 atom stereocenters. The van der Waals surface area contributed by atoms with Crippen molar-refractivity contribution in [1.29, 1.82) is 0 Å². The maximum absolute atomic E-state index is 12.5. The summed E-state index contributed by atoms with van der Waals surface area (Å²) in [5.74, 6) is -1.97. The van der Waals surface area contributed by atoms with Gasteiger partial charge in [0.05, 0.1) is 13.7 Å². The summed E-state index contributed by atoms with van der Waals surface area (Å²) in [5.41, 5.74) is 0.947. The lowest BCUT2D eigenvalue weighted by molar-refractivity contribution is -0.124. The van der Waals surface area contributed by atoms with E-state index in [0.717, 1.165) is 0 Å². The number of hydrogen-bond donors (Lipinski definition) is 0. The Hall–Kier alpha value is -2.95. The SMILES string of the molecule is COc1ccc(C(=O)C2C(=O)CN(c3ccccc3)C2=O)cc1. The van der Waals surface area contributed by atoms with Crippen LogP contribution < -0.4 is 9.64 Å². The van der Waals surface area contributed by atoms with Crippen molar-refractivity contribution >= 4 is 23.2 Å². The van der Waals surface area contributed by atoms with Crippen LogP contribution >= 0.6 is 0 Å². The number of ether oxygens (including phenoxy) is 1. The van der Waals surface area contributed by atoms with E-state index in [9.17, 15) is 14.4 Å². The average Bonchev–Trinajstić information content (AvgIpc) is 2.89. The molecule has 3 rings (SSSR count). The largest absolute Gasteiger partial charge is 0.497 e. The van der Waals surface area contributed by atoms with Crippen LogP contribution in [0.5, 0.6) is 5.75 Å². The summed E-state index contributed by atoms with van der Waals surface area (Å²) >= 11 is 0. The number of anilines is 1. The van der Waals surface area contributed by atoms with E-state index in [4.69, 9.17) is 4.74 Å². The number of hydrogen-bond acceptors (Lipinski definition) is 4. The fourth-order valence-electron chi connectivity index (χ4n) is 2.63. The molecule has 1 fully saturated rings. The van der Waals surface area contributed by atoms with E-state index in [1.807, 2.05) is 6.07 Å². The summed E-state index contributed by atoms with van der Waals surface area (Å²) in [4.78, 5) is 38.6. The molecule has 2 aromatic carbocycles. The van der Waals surface area contributed by atoms with E-state index in [1.165, 1.54) is 12.0 Å². The Morgan fingerprint density at radius 1 is 1.04 bits per heavy atom. The molecule has 1 heterocycles. The summed E-state index contributed by atoms with van der Waals surface area (Å²) in [5, 5.41) is 0. The van der Waals surface area contributed by atoms with Gasteiger partial charge in [0.25, 0.3) is 0 Å². The normalized spacial score (nSPS) is 17.4. The Morgan fingerprint density at radius 2 is 1.70 bits per heavy atom. The van der Waals surface area contributed by atoms with Crippen LogP contribution in [0.1, 0.15) is 10.4 Å². The molecule has 1 aliphatic heterocycles. The van der Waals surface area contributed by atoms with E-state index in [1.54, 1.807) is 48.5 Å². The van der Waals surface area contributed by atoms with Gasteiger partial charge in [0, 0.05) is 11.3 Å². The molecule has 0 saturated carbocycles. The minimum absolute atomic E-state index is 0.0740. The van der Waals surface area contributed by atoms with Crippen molar-refractivity contribution in [2.24, 2.45) is 5.92 Å². The maximum atomic E-state index is 12.5. The van der Waals surface area contributed by atoms with E-state index in [0.29, 0.717) is 17.0 Å². The van der Waals surface area contributed by atoms with Gasteiger partial charge in [-0.25, -0.2) is 0 Å². The smallest absolute Gasteiger partial charge is 0.246 e. The van der Waals surface area contributed by atoms with Crippen molar-refractivity contribution in [3.63, 3.8) is 0 Å². The molecule has 5 nitrogen and oxygen atoms in total. The Labute approximate surface area is 133 Å². The number of carbonyl (C=O) groups is 3. The molecule has 1 unspecified atom stereocenters. The third-order valence-electron chi connectivity index (χ3n) is 3.85. The summed E-state index contributed by atoms with van der Waals surface area (Å²) < 4.78 is 5.04. The lowest BCUT2D eigenvalue weighted by Crippen LogP contribution is -2.31. The number of methoxy groups -OCH3 is 1. The van der Waals surface area contributed by atoms with E-state index < -0.39 is 17.6 Å². The molecule has 0 aromatic heterocycles. The van der Waals surface area contributed by atoms with Crippen molar-refractivity contribution < 1.29 is 19.1 Å². The monoisotopic (exact) mass is 309 g/mol. The Morgan fingerprint density at radius 3 is 2.30 bits per heavy atom. The van der Waals surface area contributed by atoms with E-state index in [2.05, 4.69) is 0 Å². The van der Waals surface area contributed by atoms with Crippen LogP contribution in [0.4, 0.5) is 5.69 Å². The molecule has 0 spiro atoms.